The maximum atomic E-state index is 5.15. The van der Waals surface area contributed by atoms with E-state index in [1.165, 1.54) is 25.9 Å². The zero-order valence-electron chi connectivity index (χ0n) is 7.25. The molecule has 1 aliphatic heterocycles. The quantitative estimate of drug-likeness (QED) is 0.603. The fraction of sp³-hybridized carbons (Fsp3) is 1.00. The number of hydrogen-bond donors (Lipinski definition) is 0. The molecule has 1 heterocycles. The third-order valence-electron chi connectivity index (χ3n) is 2.67. The minimum absolute atomic E-state index is 0.843. The summed E-state index contributed by atoms with van der Waals surface area (Å²) in [6, 6.07) is 0.931. The van der Waals surface area contributed by atoms with Gasteiger partial charge < -0.3 is 9.64 Å². The van der Waals surface area contributed by atoms with Crippen molar-refractivity contribution in [2.75, 3.05) is 26.3 Å². The lowest BCUT2D eigenvalue weighted by Gasteiger charge is -2.31. The molecule has 2 heteroatoms. The van der Waals surface area contributed by atoms with Crippen molar-refractivity contribution in [2.45, 2.75) is 25.8 Å². The van der Waals surface area contributed by atoms with Crippen molar-refractivity contribution in [2.24, 2.45) is 5.92 Å². The topological polar surface area (TPSA) is 12.5 Å². The summed E-state index contributed by atoms with van der Waals surface area (Å²) in [7, 11) is 0. The molecule has 0 radical (unpaired) electrons. The average molecular weight is 155 g/mol. The van der Waals surface area contributed by atoms with Crippen LogP contribution >= 0.6 is 0 Å². The van der Waals surface area contributed by atoms with E-state index in [0.717, 1.165) is 25.2 Å². The molecule has 0 aromatic carbocycles. The molecule has 11 heavy (non-hydrogen) atoms. The number of rotatable bonds is 4. The monoisotopic (exact) mass is 155 g/mol. The molecule has 0 aromatic heterocycles. The fourth-order valence-electron chi connectivity index (χ4n) is 1.70. The van der Waals surface area contributed by atoms with Crippen molar-refractivity contribution in [1.29, 1.82) is 0 Å². The van der Waals surface area contributed by atoms with Crippen LogP contribution in [0.4, 0.5) is 0 Å². The van der Waals surface area contributed by atoms with Crippen LogP contribution in [0.1, 0.15) is 19.8 Å². The molecule has 64 valence electrons. The summed E-state index contributed by atoms with van der Waals surface area (Å²) < 4.78 is 5.15. The molecule has 0 spiro atoms. The van der Waals surface area contributed by atoms with Gasteiger partial charge in [-0.2, -0.15) is 0 Å². The second kappa shape index (κ2) is 3.11. The van der Waals surface area contributed by atoms with E-state index < -0.39 is 0 Å². The van der Waals surface area contributed by atoms with Crippen LogP contribution < -0.4 is 0 Å². The van der Waals surface area contributed by atoms with E-state index in [-0.39, 0.29) is 0 Å². The summed E-state index contributed by atoms with van der Waals surface area (Å²) in [5, 5.41) is 0. The normalized spacial score (nSPS) is 25.6. The molecule has 0 N–H and O–H groups in total. The molecular weight excluding hydrogens is 138 g/mol. The minimum atomic E-state index is 0.843. The van der Waals surface area contributed by atoms with E-state index >= 15 is 0 Å². The van der Waals surface area contributed by atoms with E-state index in [9.17, 15) is 0 Å². The summed E-state index contributed by atoms with van der Waals surface area (Å²) in [6.45, 7) is 6.77. The highest BCUT2D eigenvalue weighted by molar-refractivity contribution is 4.85. The van der Waals surface area contributed by atoms with E-state index in [1.807, 2.05) is 0 Å². The molecule has 2 nitrogen and oxygen atoms in total. The van der Waals surface area contributed by atoms with Gasteiger partial charge in [0.05, 0.1) is 13.2 Å². The molecule has 1 saturated heterocycles. The zero-order chi connectivity index (χ0) is 7.68. The lowest BCUT2D eigenvalue weighted by atomic mass is 10.1. The van der Waals surface area contributed by atoms with E-state index in [4.69, 9.17) is 4.74 Å². The summed E-state index contributed by atoms with van der Waals surface area (Å²) >= 11 is 0. The van der Waals surface area contributed by atoms with Crippen LogP contribution in [0.5, 0.6) is 0 Å². The first-order chi connectivity index (χ1) is 5.40. The Morgan fingerprint density at radius 1 is 1.36 bits per heavy atom. The first-order valence-electron chi connectivity index (χ1n) is 4.72. The van der Waals surface area contributed by atoms with E-state index in [2.05, 4.69) is 11.8 Å². The largest absolute Gasteiger partial charge is 0.381 e. The van der Waals surface area contributed by atoms with Gasteiger partial charge in [-0.3, -0.25) is 0 Å². The Balaban J connectivity index is 1.71. The van der Waals surface area contributed by atoms with Crippen LogP contribution in [-0.4, -0.2) is 37.2 Å². The molecule has 2 aliphatic rings. The first kappa shape index (κ1) is 7.56. The number of hydrogen-bond acceptors (Lipinski definition) is 2. The van der Waals surface area contributed by atoms with Crippen molar-refractivity contribution >= 4 is 0 Å². The number of nitrogens with zero attached hydrogens (tertiary/aromatic N) is 1. The van der Waals surface area contributed by atoms with Gasteiger partial charge in [-0.05, 0) is 19.4 Å². The third-order valence-corrected chi connectivity index (χ3v) is 2.67. The summed E-state index contributed by atoms with van der Waals surface area (Å²) in [6.07, 6.45) is 2.86. The van der Waals surface area contributed by atoms with Gasteiger partial charge in [0, 0.05) is 18.5 Å². The van der Waals surface area contributed by atoms with Gasteiger partial charge in [0.25, 0.3) is 0 Å². The predicted molar refractivity (Wildman–Crippen MR) is 44.6 cm³/mol. The Bertz CT molecular complexity index is 130. The van der Waals surface area contributed by atoms with Gasteiger partial charge in [-0.25, -0.2) is 0 Å². The summed E-state index contributed by atoms with van der Waals surface area (Å²) in [5.41, 5.74) is 0. The van der Waals surface area contributed by atoms with Crippen LogP contribution in [0.3, 0.4) is 0 Å². The second-order valence-electron chi connectivity index (χ2n) is 3.72. The van der Waals surface area contributed by atoms with Gasteiger partial charge in [-0.15, -0.1) is 0 Å². The fourth-order valence-corrected chi connectivity index (χ4v) is 1.70. The van der Waals surface area contributed by atoms with Gasteiger partial charge in [0.15, 0.2) is 0 Å². The minimum Gasteiger partial charge on any atom is -0.381 e. The molecule has 0 bridgehead atoms. The second-order valence-corrected chi connectivity index (χ2v) is 3.72. The molecule has 0 amide bonds. The highest BCUT2D eigenvalue weighted by Gasteiger charge is 2.31. The van der Waals surface area contributed by atoms with Crippen LogP contribution in [0.25, 0.3) is 0 Å². The smallest absolute Gasteiger partial charge is 0.0528 e. The standard InChI is InChI=1S/C9H17NO/c1-2-10(9-3-4-9)5-8-6-11-7-8/h8-9H,2-7H2,1H3. The van der Waals surface area contributed by atoms with Crippen molar-refractivity contribution in [3.05, 3.63) is 0 Å². The average Bonchev–Trinajstić information content (AvgIpc) is 2.68. The molecular formula is C9H17NO. The van der Waals surface area contributed by atoms with Crippen LogP contribution in [0.2, 0.25) is 0 Å². The Morgan fingerprint density at radius 2 is 2.09 bits per heavy atom. The molecule has 0 aromatic rings. The Hall–Kier alpha value is -0.0800. The van der Waals surface area contributed by atoms with Crippen molar-refractivity contribution < 1.29 is 4.74 Å². The van der Waals surface area contributed by atoms with Gasteiger partial charge in [-0.1, -0.05) is 6.92 Å². The van der Waals surface area contributed by atoms with Crippen molar-refractivity contribution in [1.82, 2.24) is 4.90 Å². The van der Waals surface area contributed by atoms with E-state index in [0.29, 0.717) is 0 Å². The molecule has 1 saturated carbocycles. The summed E-state index contributed by atoms with van der Waals surface area (Å²) in [5.74, 6) is 0.843. The van der Waals surface area contributed by atoms with Crippen molar-refractivity contribution in [3.63, 3.8) is 0 Å². The predicted octanol–water partition coefficient (Wildman–Crippen LogP) is 1.12. The van der Waals surface area contributed by atoms with Crippen molar-refractivity contribution in [3.8, 4) is 0 Å². The van der Waals surface area contributed by atoms with Crippen LogP contribution in [0, 0.1) is 5.92 Å². The molecule has 0 unspecified atom stereocenters. The molecule has 2 fully saturated rings. The molecule has 1 aliphatic carbocycles. The first-order valence-corrected chi connectivity index (χ1v) is 4.72. The Kier molecular flexibility index (Phi) is 2.14. The maximum absolute atomic E-state index is 5.15. The third kappa shape index (κ3) is 1.74. The molecule has 2 rings (SSSR count). The maximum Gasteiger partial charge on any atom is 0.0528 e. The van der Waals surface area contributed by atoms with Gasteiger partial charge in [0.1, 0.15) is 0 Å². The molecule has 0 atom stereocenters. The van der Waals surface area contributed by atoms with Gasteiger partial charge in [0.2, 0.25) is 0 Å². The Morgan fingerprint density at radius 3 is 2.45 bits per heavy atom. The highest BCUT2D eigenvalue weighted by atomic mass is 16.5. The zero-order valence-corrected chi connectivity index (χ0v) is 7.25. The summed E-state index contributed by atoms with van der Waals surface area (Å²) in [4.78, 5) is 2.60. The van der Waals surface area contributed by atoms with Crippen LogP contribution in [-0.2, 0) is 4.74 Å². The Labute approximate surface area is 68.5 Å². The van der Waals surface area contributed by atoms with Gasteiger partial charge >= 0.3 is 0 Å². The van der Waals surface area contributed by atoms with E-state index in [1.54, 1.807) is 0 Å². The number of ether oxygens (including phenoxy) is 1. The SMILES string of the molecule is CCN(CC1COC1)C1CC1. The lowest BCUT2D eigenvalue weighted by molar-refractivity contribution is -0.0468. The highest BCUT2D eigenvalue weighted by Crippen LogP contribution is 2.28. The lowest BCUT2D eigenvalue weighted by Crippen LogP contribution is -2.40. The van der Waals surface area contributed by atoms with Crippen LogP contribution in [0.15, 0.2) is 0 Å².